The van der Waals surface area contributed by atoms with Crippen LogP contribution in [0, 0.1) is 6.92 Å². The molecule has 0 aromatic heterocycles. The maximum atomic E-state index is 12.0. The Kier molecular flexibility index (Phi) is 8.06. The van der Waals surface area contributed by atoms with Crippen molar-refractivity contribution < 1.29 is 25.9 Å². The van der Waals surface area contributed by atoms with E-state index in [9.17, 15) is 21.4 Å². The van der Waals surface area contributed by atoms with Gasteiger partial charge in [0.1, 0.15) is 11.3 Å². The average molecular weight is 535 g/mol. The van der Waals surface area contributed by atoms with E-state index >= 15 is 0 Å². The Morgan fingerprint density at radius 1 is 0.972 bits per heavy atom. The van der Waals surface area contributed by atoms with Crippen molar-refractivity contribution in [1.82, 2.24) is 5.43 Å². The van der Waals surface area contributed by atoms with Gasteiger partial charge in [-0.2, -0.15) is 37.3 Å². The summed E-state index contributed by atoms with van der Waals surface area (Å²) in [4.78, 5) is 3.72. The number of guanidine groups is 1. The first-order chi connectivity index (χ1) is 16.9. The van der Waals surface area contributed by atoms with Crippen LogP contribution in [0.3, 0.4) is 0 Å². The number of nitrogens with zero attached hydrogens (tertiary/aromatic N) is 5. The molecule has 0 radical (unpaired) electrons. The van der Waals surface area contributed by atoms with Gasteiger partial charge in [0.15, 0.2) is 0 Å². The predicted molar refractivity (Wildman–Crippen MR) is 131 cm³/mol. The molecule has 2 aromatic carbocycles. The first-order valence-corrected chi connectivity index (χ1v) is 13.0. The van der Waals surface area contributed by atoms with Crippen molar-refractivity contribution in [3.63, 3.8) is 0 Å². The summed E-state index contributed by atoms with van der Waals surface area (Å²) in [5, 5.41) is 14.5. The number of aryl methyl sites for hydroxylation is 1. The van der Waals surface area contributed by atoms with E-state index in [2.05, 4.69) is 30.9 Å². The highest BCUT2D eigenvalue weighted by Crippen LogP contribution is 2.27. The number of azo groups is 2. The van der Waals surface area contributed by atoms with Crippen LogP contribution >= 0.6 is 0 Å². The first-order valence-electron chi connectivity index (χ1n) is 10.0. The smallest absolute Gasteiger partial charge is 0.294 e. The molecular formula is C20H22N8O6S2. The monoisotopic (exact) mass is 534 g/mol. The number of hydrogen-bond donors (Lipinski definition) is 5. The van der Waals surface area contributed by atoms with Crippen molar-refractivity contribution in [3.05, 3.63) is 72.0 Å². The number of nitrogens with two attached hydrogens (primary N) is 2. The molecule has 3 rings (SSSR count). The summed E-state index contributed by atoms with van der Waals surface area (Å²) in [6.07, 6.45) is 4.02. The zero-order chi connectivity index (χ0) is 26.5. The summed E-state index contributed by atoms with van der Waals surface area (Å²) < 4.78 is 64.9. The Hall–Kier alpha value is -3.83. The van der Waals surface area contributed by atoms with Crippen molar-refractivity contribution in [3.8, 4) is 0 Å². The van der Waals surface area contributed by atoms with Crippen LogP contribution in [0.5, 0.6) is 0 Å². The summed E-state index contributed by atoms with van der Waals surface area (Å²) in [5.41, 5.74) is 9.74. The van der Waals surface area contributed by atoms with Crippen molar-refractivity contribution in [2.75, 3.05) is 0 Å². The van der Waals surface area contributed by atoms with Gasteiger partial charge in [-0.3, -0.25) is 14.5 Å². The largest absolute Gasteiger partial charge is 0.369 e. The number of nitrogens with one attached hydrogen (secondary N) is 1. The molecule has 36 heavy (non-hydrogen) atoms. The number of benzene rings is 2. The van der Waals surface area contributed by atoms with Crippen LogP contribution in [0.15, 0.2) is 96.7 Å². The minimum Gasteiger partial charge on any atom is -0.369 e. The minimum atomic E-state index is -4.58. The van der Waals surface area contributed by atoms with Gasteiger partial charge in [0.05, 0.1) is 27.7 Å². The Balaban J connectivity index is 1.80. The standard InChI is InChI=1S/C20H22N8O6S2/c1-12-10-14(23-20(21)24-22)4-8-17(12)27-28-18-9-5-15(11-19(18)36(32,33)34)26-25-13-2-6-16(7-3-13)35(29,30)31/h2-11,18-19H,22H2,1H3,(H3,21,23,24)(H,29,30,31)(H,32,33,34). The predicted octanol–water partition coefficient (Wildman–Crippen LogP) is 2.60. The molecule has 7 N–H and O–H groups in total. The lowest BCUT2D eigenvalue weighted by atomic mass is 10.1. The van der Waals surface area contributed by atoms with E-state index in [1.54, 1.807) is 25.1 Å². The van der Waals surface area contributed by atoms with Gasteiger partial charge in [-0.15, -0.1) is 0 Å². The van der Waals surface area contributed by atoms with Crippen LogP contribution in [0.4, 0.5) is 17.1 Å². The number of allylic oxidation sites excluding steroid dienone is 1. The van der Waals surface area contributed by atoms with E-state index in [-0.39, 0.29) is 22.2 Å². The molecular weight excluding hydrogens is 512 g/mol. The molecule has 16 heteroatoms. The van der Waals surface area contributed by atoms with Crippen molar-refractivity contribution in [1.29, 1.82) is 0 Å². The Labute approximate surface area is 206 Å². The van der Waals surface area contributed by atoms with E-state index in [4.69, 9.17) is 16.1 Å². The normalized spacial score (nSPS) is 19.1. The number of hydrogen-bond acceptors (Lipinski definition) is 10. The van der Waals surface area contributed by atoms with E-state index in [0.717, 1.165) is 12.1 Å². The quantitative estimate of drug-likeness (QED) is 0.0875. The van der Waals surface area contributed by atoms with E-state index < -0.39 is 31.5 Å². The van der Waals surface area contributed by atoms with Gasteiger partial charge in [-0.05, 0) is 67.1 Å². The third-order valence-corrected chi connectivity index (χ3v) is 6.74. The molecule has 2 atom stereocenters. The van der Waals surface area contributed by atoms with Crippen molar-refractivity contribution in [2.45, 2.75) is 23.1 Å². The fraction of sp³-hybridized carbons (Fsp3) is 0.150. The molecule has 0 heterocycles. The van der Waals surface area contributed by atoms with Gasteiger partial charge in [0.25, 0.3) is 20.2 Å². The molecule has 1 aliphatic rings. The van der Waals surface area contributed by atoms with Crippen LogP contribution in [-0.4, -0.2) is 43.2 Å². The lowest BCUT2D eigenvalue weighted by Gasteiger charge is -2.18. The Morgan fingerprint density at radius 3 is 2.22 bits per heavy atom. The van der Waals surface area contributed by atoms with Gasteiger partial charge in [0.2, 0.25) is 5.96 Å². The van der Waals surface area contributed by atoms with Crippen LogP contribution in [-0.2, 0) is 20.2 Å². The van der Waals surface area contributed by atoms with Crippen molar-refractivity contribution >= 4 is 43.3 Å². The third-order valence-electron chi connectivity index (χ3n) is 4.77. The zero-order valence-corrected chi connectivity index (χ0v) is 20.3. The number of hydrazine groups is 1. The molecule has 2 aromatic rings. The van der Waals surface area contributed by atoms with Crippen LogP contribution in [0.2, 0.25) is 0 Å². The van der Waals surface area contributed by atoms with E-state index in [1.165, 1.54) is 30.4 Å². The van der Waals surface area contributed by atoms with E-state index in [1.807, 2.05) is 0 Å². The van der Waals surface area contributed by atoms with Gasteiger partial charge < -0.3 is 5.73 Å². The molecule has 2 unspecified atom stereocenters. The first kappa shape index (κ1) is 26.8. The van der Waals surface area contributed by atoms with Gasteiger partial charge in [-0.1, -0.05) is 6.08 Å². The lowest BCUT2D eigenvalue weighted by molar-refractivity contribution is 0.468. The summed E-state index contributed by atoms with van der Waals surface area (Å²) in [5.74, 6) is 5.20. The average Bonchev–Trinajstić information content (AvgIpc) is 2.81. The van der Waals surface area contributed by atoms with Gasteiger partial charge >= 0.3 is 0 Å². The molecule has 0 amide bonds. The maximum absolute atomic E-state index is 12.0. The molecule has 1 aliphatic carbocycles. The molecule has 0 fully saturated rings. The Bertz CT molecular complexity index is 1500. The second kappa shape index (κ2) is 10.8. The molecule has 190 valence electrons. The highest BCUT2D eigenvalue weighted by Gasteiger charge is 2.32. The van der Waals surface area contributed by atoms with Gasteiger partial charge in [-0.25, -0.2) is 10.8 Å². The van der Waals surface area contributed by atoms with Crippen LogP contribution in [0.1, 0.15) is 5.56 Å². The third kappa shape index (κ3) is 7.09. The lowest BCUT2D eigenvalue weighted by Crippen LogP contribution is -2.36. The summed E-state index contributed by atoms with van der Waals surface area (Å²) in [6, 6.07) is 8.74. The highest BCUT2D eigenvalue weighted by molar-refractivity contribution is 7.86. The topological polar surface area (TPSA) is 235 Å². The van der Waals surface area contributed by atoms with Crippen LogP contribution < -0.4 is 17.0 Å². The zero-order valence-electron chi connectivity index (χ0n) is 18.7. The molecule has 0 bridgehead atoms. The van der Waals surface area contributed by atoms with Crippen molar-refractivity contribution in [2.24, 2.45) is 37.0 Å². The van der Waals surface area contributed by atoms with E-state index in [0.29, 0.717) is 16.9 Å². The molecule has 0 aliphatic heterocycles. The fourth-order valence-corrected chi connectivity index (χ4v) is 4.27. The molecule has 0 saturated carbocycles. The molecule has 0 spiro atoms. The molecule has 0 saturated heterocycles. The highest BCUT2D eigenvalue weighted by atomic mass is 32.2. The van der Waals surface area contributed by atoms with Gasteiger partial charge in [0, 0.05) is 0 Å². The number of aliphatic imine (C=N–C) groups is 1. The maximum Gasteiger partial charge on any atom is 0.294 e. The molecule has 14 nitrogen and oxygen atoms in total. The van der Waals surface area contributed by atoms with Crippen LogP contribution in [0.25, 0.3) is 0 Å². The minimum absolute atomic E-state index is 0.0157. The second-order valence-electron chi connectivity index (χ2n) is 7.42. The second-order valence-corrected chi connectivity index (χ2v) is 10.4. The number of rotatable bonds is 7. The summed E-state index contributed by atoms with van der Waals surface area (Å²) in [7, 11) is -8.93. The summed E-state index contributed by atoms with van der Waals surface area (Å²) >= 11 is 0. The Morgan fingerprint density at radius 2 is 1.64 bits per heavy atom. The summed E-state index contributed by atoms with van der Waals surface area (Å²) in [6.45, 7) is 1.75. The SMILES string of the molecule is Cc1cc(N=C(N)NN)ccc1N=NC1C=CC(N=Nc2ccc(S(=O)(=O)O)cc2)=CC1S(=O)(=O)O. The fourth-order valence-electron chi connectivity index (χ4n) is 2.98.